The van der Waals surface area contributed by atoms with Crippen molar-refractivity contribution in [2.45, 2.75) is 26.3 Å². The summed E-state index contributed by atoms with van der Waals surface area (Å²) in [6, 6.07) is 14.3. The van der Waals surface area contributed by atoms with Gasteiger partial charge in [0, 0.05) is 5.88 Å². The minimum Gasteiger partial charge on any atom is -0.489 e. The second kappa shape index (κ2) is 5.92. The molecular weight excluding hydrogens is 244 g/mol. The van der Waals surface area contributed by atoms with E-state index in [0.717, 1.165) is 11.3 Å². The van der Waals surface area contributed by atoms with Crippen molar-refractivity contribution >= 4 is 11.6 Å². The SMILES string of the molecule is Cc1ccc(COc2ccc(CCl)cc2)cc1C. The molecule has 2 rings (SSSR count). The molecule has 1 nitrogen and oxygen atoms in total. The van der Waals surface area contributed by atoms with E-state index in [4.69, 9.17) is 16.3 Å². The maximum Gasteiger partial charge on any atom is 0.119 e. The molecule has 0 aliphatic heterocycles. The van der Waals surface area contributed by atoms with Gasteiger partial charge in [-0.15, -0.1) is 11.6 Å². The summed E-state index contributed by atoms with van der Waals surface area (Å²) in [6.07, 6.45) is 0. The van der Waals surface area contributed by atoms with Crippen LogP contribution < -0.4 is 4.74 Å². The Morgan fingerprint density at radius 2 is 1.56 bits per heavy atom. The van der Waals surface area contributed by atoms with Crippen LogP contribution in [0.4, 0.5) is 0 Å². The minimum absolute atomic E-state index is 0.539. The smallest absolute Gasteiger partial charge is 0.119 e. The molecule has 0 atom stereocenters. The first-order chi connectivity index (χ1) is 8.69. The predicted molar refractivity (Wildman–Crippen MR) is 76.2 cm³/mol. The highest BCUT2D eigenvalue weighted by molar-refractivity contribution is 6.17. The number of hydrogen-bond acceptors (Lipinski definition) is 1. The van der Waals surface area contributed by atoms with Gasteiger partial charge in [0.05, 0.1) is 0 Å². The van der Waals surface area contributed by atoms with E-state index in [0.29, 0.717) is 12.5 Å². The van der Waals surface area contributed by atoms with E-state index >= 15 is 0 Å². The second-order valence-corrected chi connectivity index (χ2v) is 4.75. The van der Waals surface area contributed by atoms with Crippen molar-refractivity contribution in [3.63, 3.8) is 0 Å². The molecule has 0 fully saturated rings. The maximum absolute atomic E-state index is 5.74. The Balaban J connectivity index is 1.99. The van der Waals surface area contributed by atoms with Crippen LogP contribution in [0.3, 0.4) is 0 Å². The fourth-order valence-electron chi connectivity index (χ4n) is 1.73. The van der Waals surface area contributed by atoms with Gasteiger partial charge < -0.3 is 4.74 Å². The van der Waals surface area contributed by atoms with Gasteiger partial charge in [-0.2, -0.15) is 0 Å². The van der Waals surface area contributed by atoms with Gasteiger partial charge in [0.15, 0.2) is 0 Å². The average Bonchev–Trinajstić information content (AvgIpc) is 2.41. The molecule has 0 aliphatic carbocycles. The number of halogens is 1. The summed E-state index contributed by atoms with van der Waals surface area (Å²) in [7, 11) is 0. The van der Waals surface area contributed by atoms with E-state index < -0.39 is 0 Å². The summed E-state index contributed by atoms with van der Waals surface area (Å²) in [4.78, 5) is 0. The molecule has 18 heavy (non-hydrogen) atoms. The summed E-state index contributed by atoms with van der Waals surface area (Å²) in [5.74, 6) is 1.42. The highest BCUT2D eigenvalue weighted by atomic mass is 35.5. The molecule has 2 aromatic rings. The van der Waals surface area contributed by atoms with Crippen molar-refractivity contribution in [3.8, 4) is 5.75 Å². The van der Waals surface area contributed by atoms with Gasteiger partial charge >= 0.3 is 0 Å². The van der Waals surface area contributed by atoms with Crippen molar-refractivity contribution in [2.75, 3.05) is 0 Å². The molecule has 0 unspecified atom stereocenters. The minimum atomic E-state index is 0.539. The zero-order valence-corrected chi connectivity index (χ0v) is 11.5. The zero-order valence-electron chi connectivity index (χ0n) is 10.7. The van der Waals surface area contributed by atoms with Crippen LogP contribution in [-0.2, 0) is 12.5 Å². The topological polar surface area (TPSA) is 9.23 Å². The molecule has 0 radical (unpaired) electrons. The van der Waals surface area contributed by atoms with Crippen LogP contribution in [0.25, 0.3) is 0 Å². The first-order valence-corrected chi connectivity index (χ1v) is 6.56. The average molecular weight is 261 g/mol. The lowest BCUT2D eigenvalue weighted by atomic mass is 10.1. The van der Waals surface area contributed by atoms with Gasteiger partial charge in [-0.05, 0) is 48.2 Å². The summed E-state index contributed by atoms with van der Waals surface area (Å²) in [5, 5.41) is 0. The molecule has 0 N–H and O–H groups in total. The van der Waals surface area contributed by atoms with Gasteiger partial charge in [0.2, 0.25) is 0 Å². The van der Waals surface area contributed by atoms with Crippen LogP contribution in [0.15, 0.2) is 42.5 Å². The third kappa shape index (κ3) is 3.27. The molecule has 0 aromatic heterocycles. The van der Waals surface area contributed by atoms with Crippen LogP contribution in [0.1, 0.15) is 22.3 Å². The van der Waals surface area contributed by atoms with Crippen LogP contribution in [0.2, 0.25) is 0 Å². The Morgan fingerprint density at radius 3 is 2.17 bits per heavy atom. The van der Waals surface area contributed by atoms with Gasteiger partial charge in [-0.3, -0.25) is 0 Å². The molecule has 0 saturated carbocycles. The summed E-state index contributed by atoms with van der Waals surface area (Å²) in [6.45, 7) is 4.83. The summed E-state index contributed by atoms with van der Waals surface area (Å²) < 4.78 is 5.74. The largest absolute Gasteiger partial charge is 0.489 e. The van der Waals surface area contributed by atoms with E-state index in [1.54, 1.807) is 0 Å². The summed E-state index contributed by atoms with van der Waals surface area (Å²) >= 11 is 5.74. The highest BCUT2D eigenvalue weighted by Gasteiger charge is 1.99. The second-order valence-electron chi connectivity index (χ2n) is 4.48. The van der Waals surface area contributed by atoms with Crippen LogP contribution in [0.5, 0.6) is 5.75 Å². The van der Waals surface area contributed by atoms with Gasteiger partial charge in [0.25, 0.3) is 0 Å². The molecule has 94 valence electrons. The Morgan fingerprint density at radius 1 is 0.889 bits per heavy atom. The standard InChI is InChI=1S/C16H17ClO/c1-12-3-4-15(9-13(12)2)11-18-16-7-5-14(10-17)6-8-16/h3-9H,10-11H2,1-2H3. The first-order valence-electron chi connectivity index (χ1n) is 6.03. The first kappa shape index (κ1) is 13.0. The molecule has 0 bridgehead atoms. The van der Waals surface area contributed by atoms with Crippen molar-refractivity contribution in [2.24, 2.45) is 0 Å². The number of aryl methyl sites for hydroxylation is 2. The number of hydrogen-bond donors (Lipinski definition) is 0. The Labute approximate surface area is 113 Å². The van der Waals surface area contributed by atoms with Crippen LogP contribution >= 0.6 is 11.6 Å². The molecule has 0 amide bonds. The number of rotatable bonds is 4. The van der Waals surface area contributed by atoms with Gasteiger partial charge in [-0.1, -0.05) is 30.3 Å². The Hall–Kier alpha value is -1.47. The van der Waals surface area contributed by atoms with Crippen LogP contribution in [-0.4, -0.2) is 0 Å². The molecule has 2 aromatic carbocycles. The third-order valence-electron chi connectivity index (χ3n) is 3.05. The number of ether oxygens (including phenoxy) is 1. The Kier molecular flexibility index (Phi) is 4.27. The maximum atomic E-state index is 5.74. The zero-order chi connectivity index (χ0) is 13.0. The highest BCUT2D eigenvalue weighted by Crippen LogP contribution is 2.16. The van der Waals surface area contributed by atoms with E-state index in [1.165, 1.54) is 16.7 Å². The molecule has 0 saturated heterocycles. The van der Waals surface area contributed by atoms with E-state index in [2.05, 4.69) is 32.0 Å². The quantitative estimate of drug-likeness (QED) is 0.729. The number of benzene rings is 2. The normalized spacial score (nSPS) is 10.4. The lowest BCUT2D eigenvalue weighted by molar-refractivity contribution is 0.306. The van der Waals surface area contributed by atoms with E-state index in [-0.39, 0.29) is 0 Å². The number of alkyl halides is 1. The lowest BCUT2D eigenvalue weighted by Crippen LogP contribution is -1.96. The monoisotopic (exact) mass is 260 g/mol. The van der Waals surface area contributed by atoms with Crippen molar-refractivity contribution in [1.29, 1.82) is 0 Å². The molecule has 0 aliphatic rings. The molecule has 0 heterocycles. The third-order valence-corrected chi connectivity index (χ3v) is 3.36. The van der Waals surface area contributed by atoms with Crippen molar-refractivity contribution in [1.82, 2.24) is 0 Å². The van der Waals surface area contributed by atoms with Gasteiger partial charge in [0.1, 0.15) is 12.4 Å². The van der Waals surface area contributed by atoms with E-state index in [1.807, 2.05) is 24.3 Å². The molecule has 2 heteroatoms. The fraction of sp³-hybridized carbons (Fsp3) is 0.250. The van der Waals surface area contributed by atoms with Gasteiger partial charge in [-0.25, -0.2) is 0 Å². The summed E-state index contributed by atoms with van der Waals surface area (Å²) in [5.41, 5.74) is 4.91. The molecular formula is C16H17ClO. The fourth-order valence-corrected chi connectivity index (χ4v) is 1.91. The Bertz CT molecular complexity index is 517. The van der Waals surface area contributed by atoms with Crippen molar-refractivity contribution in [3.05, 3.63) is 64.7 Å². The predicted octanol–water partition coefficient (Wildman–Crippen LogP) is 4.62. The van der Waals surface area contributed by atoms with Crippen LogP contribution in [0, 0.1) is 13.8 Å². The molecule has 0 spiro atoms. The van der Waals surface area contributed by atoms with Crippen molar-refractivity contribution < 1.29 is 4.74 Å². The van der Waals surface area contributed by atoms with E-state index in [9.17, 15) is 0 Å². The lowest BCUT2D eigenvalue weighted by Gasteiger charge is -2.08.